The second kappa shape index (κ2) is 10.7. The molecule has 0 radical (unpaired) electrons. The third kappa shape index (κ3) is 6.03. The standard InChI is InChI=1S/C25H27Cl2NOS/c1-3-28-17-25(2,29)24(30-16-21-13-14-22(26)15-23(21)27)20-11-9-19(10-12-20)18-7-5-4-6-8-18/h4-15,24,28-29H,3,16-17H2,1-2H3. The summed E-state index contributed by atoms with van der Waals surface area (Å²) in [6.07, 6.45) is 0. The van der Waals surface area contributed by atoms with Crippen LogP contribution in [0.5, 0.6) is 0 Å². The Kier molecular flexibility index (Phi) is 8.27. The van der Waals surface area contributed by atoms with Gasteiger partial charge in [-0.15, -0.1) is 11.8 Å². The minimum Gasteiger partial charge on any atom is -0.387 e. The summed E-state index contributed by atoms with van der Waals surface area (Å²) in [4.78, 5) is 0. The number of thioether (sulfide) groups is 1. The van der Waals surface area contributed by atoms with E-state index in [9.17, 15) is 5.11 Å². The molecule has 0 bridgehead atoms. The smallest absolute Gasteiger partial charge is 0.0902 e. The van der Waals surface area contributed by atoms with Gasteiger partial charge in [0, 0.05) is 22.3 Å². The van der Waals surface area contributed by atoms with Crippen molar-refractivity contribution in [3.8, 4) is 11.1 Å². The van der Waals surface area contributed by atoms with Crippen LogP contribution in [0.2, 0.25) is 10.0 Å². The number of halogens is 2. The van der Waals surface area contributed by atoms with E-state index >= 15 is 0 Å². The monoisotopic (exact) mass is 459 g/mol. The molecule has 0 aliphatic heterocycles. The number of benzene rings is 3. The lowest BCUT2D eigenvalue weighted by molar-refractivity contribution is 0.0575. The molecule has 5 heteroatoms. The Morgan fingerprint density at radius 3 is 2.27 bits per heavy atom. The summed E-state index contributed by atoms with van der Waals surface area (Å²) >= 11 is 14.1. The summed E-state index contributed by atoms with van der Waals surface area (Å²) in [6.45, 7) is 5.25. The zero-order chi connectivity index (χ0) is 21.6. The molecule has 0 saturated carbocycles. The number of rotatable bonds is 9. The Hall–Kier alpha value is -1.49. The Labute approximate surface area is 193 Å². The largest absolute Gasteiger partial charge is 0.387 e. The van der Waals surface area contributed by atoms with E-state index in [2.05, 4.69) is 41.7 Å². The number of aliphatic hydroxyl groups is 1. The molecule has 0 fully saturated rings. The fourth-order valence-corrected chi connectivity index (χ4v) is 5.34. The molecule has 2 N–H and O–H groups in total. The van der Waals surface area contributed by atoms with Crippen LogP contribution in [0.1, 0.15) is 30.2 Å². The van der Waals surface area contributed by atoms with Crippen LogP contribution in [0, 0.1) is 0 Å². The maximum atomic E-state index is 11.3. The second-order valence-electron chi connectivity index (χ2n) is 7.55. The number of hydrogen-bond acceptors (Lipinski definition) is 3. The molecule has 3 aromatic carbocycles. The summed E-state index contributed by atoms with van der Waals surface area (Å²) in [6, 6.07) is 24.3. The van der Waals surface area contributed by atoms with Gasteiger partial charge in [0.25, 0.3) is 0 Å². The summed E-state index contributed by atoms with van der Waals surface area (Å²) in [5.41, 5.74) is 3.52. The van der Waals surface area contributed by atoms with Gasteiger partial charge in [0.2, 0.25) is 0 Å². The van der Waals surface area contributed by atoms with Gasteiger partial charge in [-0.25, -0.2) is 0 Å². The number of hydrogen-bond donors (Lipinski definition) is 2. The van der Waals surface area contributed by atoms with Crippen LogP contribution in [-0.2, 0) is 5.75 Å². The van der Waals surface area contributed by atoms with Gasteiger partial charge in [0.1, 0.15) is 0 Å². The lowest BCUT2D eigenvalue weighted by Crippen LogP contribution is -2.42. The second-order valence-corrected chi connectivity index (χ2v) is 9.49. The molecular formula is C25H27Cl2NOS. The maximum Gasteiger partial charge on any atom is 0.0902 e. The Balaban J connectivity index is 1.85. The molecule has 0 spiro atoms. The van der Waals surface area contributed by atoms with Gasteiger partial charge in [0.15, 0.2) is 0 Å². The van der Waals surface area contributed by atoms with Gasteiger partial charge in [-0.1, -0.05) is 90.8 Å². The van der Waals surface area contributed by atoms with Gasteiger partial charge in [0.05, 0.1) is 10.9 Å². The predicted molar refractivity (Wildman–Crippen MR) is 132 cm³/mol. The van der Waals surface area contributed by atoms with Gasteiger partial charge in [-0.2, -0.15) is 0 Å². The van der Waals surface area contributed by atoms with E-state index in [1.165, 1.54) is 5.56 Å². The van der Waals surface area contributed by atoms with Crippen LogP contribution in [0.3, 0.4) is 0 Å². The van der Waals surface area contributed by atoms with Crippen LogP contribution in [-0.4, -0.2) is 23.8 Å². The van der Waals surface area contributed by atoms with E-state index in [1.54, 1.807) is 17.8 Å². The molecule has 0 aliphatic rings. The Morgan fingerprint density at radius 1 is 0.967 bits per heavy atom. The van der Waals surface area contributed by atoms with Crippen LogP contribution in [0.4, 0.5) is 0 Å². The quantitative estimate of drug-likeness (QED) is 0.361. The Bertz CT molecular complexity index is 945. The molecule has 0 saturated heterocycles. The fraction of sp³-hybridized carbons (Fsp3) is 0.280. The normalized spacial score (nSPS) is 14.3. The van der Waals surface area contributed by atoms with Crippen molar-refractivity contribution < 1.29 is 5.11 Å². The third-order valence-electron chi connectivity index (χ3n) is 5.04. The van der Waals surface area contributed by atoms with Gasteiger partial charge < -0.3 is 10.4 Å². The number of nitrogens with one attached hydrogen (secondary N) is 1. The zero-order valence-corrected chi connectivity index (χ0v) is 19.6. The van der Waals surface area contributed by atoms with Crippen molar-refractivity contribution in [1.82, 2.24) is 5.32 Å². The fourth-order valence-electron chi connectivity index (χ4n) is 3.40. The van der Waals surface area contributed by atoms with Crippen LogP contribution in [0.15, 0.2) is 72.8 Å². The zero-order valence-electron chi connectivity index (χ0n) is 17.2. The highest BCUT2D eigenvalue weighted by Crippen LogP contribution is 2.41. The molecule has 3 rings (SSSR count). The molecule has 0 amide bonds. The van der Waals surface area contributed by atoms with Crippen LogP contribution < -0.4 is 5.32 Å². The van der Waals surface area contributed by atoms with Gasteiger partial charge >= 0.3 is 0 Å². The molecule has 30 heavy (non-hydrogen) atoms. The van der Waals surface area contributed by atoms with Crippen LogP contribution >= 0.6 is 35.0 Å². The van der Waals surface area contributed by atoms with E-state index in [-0.39, 0.29) is 5.25 Å². The molecule has 2 atom stereocenters. The van der Waals surface area contributed by atoms with Gasteiger partial charge in [-0.05, 0) is 47.9 Å². The summed E-state index contributed by atoms with van der Waals surface area (Å²) in [5, 5.41) is 15.7. The number of likely N-dealkylation sites (N-methyl/N-ethyl adjacent to an activating group) is 1. The van der Waals surface area contributed by atoms with Crippen molar-refractivity contribution >= 4 is 35.0 Å². The predicted octanol–water partition coefficient (Wildman–Crippen LogP) is 7.00. The third-order valence-corrected chi connectivity index (χ3v) is 7.22. The van der Waals surface area contributed by atoms with Crippen molar-refractivity contribution in [2.24, 2.45) is 0 Å². The van der Waals surface area contributed by atoms with Crippen LogP contribution in [0.25, 0.3) is 11.1 Å². The minimum atomic E-state index is -0.923. The molecule has 0 aromatic heterocycles. The van der Waals surface area contributed by atoms with E-state index in [0.717, 1.165) is 23.2 Å². The summed E-state index contributed by atoms with van der Waals surface area (Å²) in [7, 11) is 0. The molecule has 158 valence electrons. The lowest BCUT2D eigenvalue weighted by Gasteiger charge is -2.33. The topological polar surface area (TPSA) is 32.3 Å². The molecule has 0 aliphatic carbocycles. The van der Waals surface area contributed by atoms with Crippen molar-refractivity contribution in [2.75, 3.05) is 13.1 Å². The molecular weight excluding hydrogens is 433 g/mol. The average Bonchev–Trinajstić information content (AvgIpc) is 2.75. The first-order valence-corrected chi connectivity index (χ1v) is 11.8. The SMILES string of the molecule is CCNCC(C)(O)C(SCc1ccc(Cl)cc1Cl)c1ccc(-c2ccccc2)cc1. The highest BCUT2D eigenvalue weighted by molar-refractivity contribution is 7.98. The molecule has 0 heterocycles. The first-order chi connectivity index (χ1) is 14.4. The average molecular weight is 460 g/mol. The Morgan fingerprint density at radius 2 is 1.63 bits per heavy atom. The summed E-state index contributed by atoms with van der Waals surface area (Å²) in [5.74, 6) is 0.684. The maximum absolute atomic E-state index is 11.3. The van der Waals surface area contributed by atoms with E-state index in [1.807, 2.05) is 44.2 Å². The molecule has 3 aromatic rings. The minimum absolute atomic E-state index is 0.117. The highest BCUT2D eigenvalue weighted by atomic mass is 35.5. The lowest BCUT2D eigenvalue weighted by atomic mass is 9.94. The van der Waals surface area contributed by atoms with Crippen molar-refractivity contribution in [3.63, 3.8) is 0 Å². The van der Waals surface area contributed by atoms with E-state index in [0.29, 0.717) is 22.3 Å². The highest BCUT2D eigenvalue weighted by Gasteiger charge is 2.33. The first-order valence-electron chi connectivity index (χ1n) is 10.0. The van der Waals surface area contributed by atoms with Crippen molar-refractivity contribution in [2.45, 2.75) is 30.5 Å². The van der Waals surface area contributed by atoms with Gasteiger partial charge in [-0.3, -0.25) is 0 Å². The van der Waals surface area contributed by atoms with Crippen molar-refractivity contribution in [1.29, 1.82) is 0 Å². The first kappa shape index (κ1) is 23.2. The van der Waals surface area contributed by atoms with Crippen molar-refractivity contribution in [3.05, 3.63) is 94.0 Å². The summed E-state index contributed by atoms with van der Waals surface area (Å²) < 4.78 is 0. The molecule has 2 unspecified atom stereocenters. The molecule has 2 nitrogen and oxygen atoms in total. The van der Waals surface area contributed by atoms with E-state index < -0.39 is 5.60 Å². The van der Waals surface area contributed by atoms with E-state index in [4.69, 9.17) is 23.2 Å².